The van der Waals surface area contributed by atoms with Crippen molar-refractivity contribution in [2.45, 2.75) is 45.1 Å². The fourth-order valence-corrected chi connectivity index (χ4v) is 2.79. The van der Waals surface area contributed by atoms with Gasteiger partial charge in [0, 0.05) is 30.4 Å². The summed E-state index contributed by atoms with van der Waals surface area (Å²) < 4.78 is 5.83. The van der Waals surface area contributed by atoms with Gasteiger partial charge in [0.15, 0.2) is 0 Å². The third-order valence-electron chi connectivity index (χ3n) is 3.93. The summed E-state index contributed by atoms with van der Waals surface area (Å²) in [6.07, 6.45) is 3.93. The van der Waals surface area contributed by atoms with E-state index < -0.39 is 0 Å². The molecule has 1 aliphatic rings. The molecule has 112 valence electrons. The number of ketones is 1. The minimum Gasteiger partial charge on any atom is -0.486 e. The number of hydrogen-bond donors (Lipinski definition) is 0. The lowest BCUT2D eigenvalue weighted by Crippen LogP contribution is -2.07. The van der Waals surface area contributed by atoms with Crippen molar-refractivity contribution in [1.29, 1.82) is 0 Å². The van der Waals surface area contributed by atoms with E-state index in [4.69, 9.17) is 4.74 Å². The van der Waals surface area contributed by atoms with Crippen LogP contribution in [0.25, 0.3) is 5.76 Å². The van der Waals surface area contributed by atoms with E-state index in [0.29, 0.717) is 25.2 Å². The van der Waals surface area contributed by atoms with E-state index in [1.54, 1.807) is 0 Å². The number of fused-ring (bicyclic) bond motifs is 1. The van der Waals surface area contributed by atoms with Gasteiger partial charge in [-0.3, -0.25) is 4.79 Å². The van der Waals surface area contributed by atoms with Gasteiger partial charge in [-0.15, -0.1) is 0 Å². The summed E-state index contributed by atoms with van der Waals surface area (Å²) >= 11 is 0. The fraction of sp³-hybridized carbons (Fsp3) is 0.444. The Bertz CT molecular complexity index is 533. The zero-order valence-corrected chi connectivity index (χ0v) is 12.5. The van der Waals surface area contributed by atoms with Crippen LogP contribution < -0.4 is 0 Å². The van der Waals surface area contributed by atoms with E-state index >= 15 is 0 Å². The highest BCUT2D eigenvalue weighted by molar-refractivity contribution is 5.80. The minimum absolute atomic E-state index is 0.0567. The number of rotatable bonds is 8. The molecule has 0 fully saturated rings. The highest BCUT2D eigenvalue weighted by Gasteiger charge is 2.26. The van der Waals surface area contributed by atoms with Crippen molar-refractivity contribution in [2.75, 3.05) is 0 Å². The van der Waals surface area contributed by atoms with Crippen LogP contribution >= 0.6 is 0 Å². The Balaban J connectivity index is 1.83. The Morgan fingerprint density at radius 2 is 2.19 bits per heavy atom. The summed E-state index contributed by atoms with van der Waals surface area (Å²) in [4.78, 5) is 21.9. The van der Waals surface area contributed by atoms with Crippen molar-refractivity contribution in [3.05, 3.63) is 42.0 Å². The highest BCUT2D eigenvalue weighted by atomic mass is 16.5. The Hall–Kier alpha value is -1.90. The summed E-state index contributed by atoms with van der Waals surface area (Å²) in [7, 11) is 0. The molecular formula is C18H22O3. The van der Waals surface area contributed by atoms with Crippen LogP contribution in [-0.4, -0.2) is 12.1 Å². The largest absolute Gasteiger partial charge is 0.486 e. The van der Waals surface area contributed by atoms with Crippen molar-refractivity contribution in [3.8, 4) is 0 Å². The van der Waals surface area contributed by atoms with E-state index in [-0.39, 0.29) is 11.9 Å². The monoisotopic (exact) mass is 286 g/mol. The third kappa shape index (κ3) is 4.03. The maximum absolute atomic E-state index is 11.7. The van der Waals surface area contributed by atoms with Gasteiger partial charge in [-0.1, -0.05) is 37.8 Å². The Morgan fingerprint density at radius 1 is 1.43 bits per heavy atom. The number of carbonyl (C=O) groups is 2. The molecule has 0 N–H and O–H groups in total. The molecule has 0 aromatic heterocycles. The maximum atomic E-state index is 11.7. The van der Waals surface area contributed by atoms with Crippen molar-refractivity contribution < 1.29 is 14.3 Å². The van der Waals surface area contributed by atoms with Gasteiger partial charge in [-0.05, 0) is 18.8 Å². The number of carbonyl (C=O) groups excluding carboxylic acids is 2. The molecule has 0 spiro atoms. The number of ether oxygens (including phenoxy) is 1. The first kappa shape index (κ1) is 15.5. The first-order valence-electron chi connectivity index (χ1n) is 7.52. The topological polar surface area (TPSA) is 43.4 Å². The van der Waals surface area contributed by atoms with Gasteiger partial charge in [0.2, 0.25) is 0 Å². The first-order chi connectivity index (χ1) is 10.1. The number of aldehydes is 1. The van der Waals surface area contributed by atoms with Gasteiger partial charge in [0.05, 0.1) is 0 Å². The van der Waals surface area contributed by atoms with Crippen LogP contribution in [0, 0.1) is 5.92 Å². The van der Waals surface area contributed by atoms with E-state index in [1.165, 1.54) is 5.56 Å². The molecule has 0 radical (unpaired) electrons. The van der Waals surface area contributed by atoms with Gasteiger partial charge < -0.3 is 9.53 Å². The van der Waals surface area contributed by atoms with Crippen LogP contribution in [0.1, 0.15) is 56.3 Å². The molecule has 21 heavy (non-hydrogen) atoms. The smallest absolute Gasteiger partial charge is 0.133 e. The van der Waals surface area contributed by atoms with Crippen LogP contribution in [0.3, 0.4) is 0 Å². The van der Waals surface area contributed by atoms with Gasteiger partial charge in [-0.25, -0.2) is 0 Å². The number of hydrogen-bond acceptors (Lipinski definition) is 3. The quantitative estimate of drug-likeness (QED) is 0.676. The molecule has 1 unspecified atom stereocenters. The lowest BCUT2D eigenvalue weighted by Gasteiger charge is -2.15. The molecule has 2 atom stereocenters. The van der Waals surface area contributed by atoms with E-state index in [1.807, 2.05) is 18.2 Å². The van der Waals surface area contributed by atoms with Crippen LogP contribution in [-0.2, 0) is 14.3 Å². The van der Waals surface area contributed by atoms with Crippen molar-refractivity contribution >= 4 is 17.8 Å². The van der Waals surface area contributed by atoms with E-state index in [0.717, 1.165) is 30.5 Å². The lowest BCUT2D eigenvalue weighted by molar-refractivity contribution is -0.121. The highest BCUT2D eigenvalue weighted by Crippen LogP contribution is 2.40. The molecule has 1 heterocycles. The SMILES string of the molecule is C=C1O[C@@H](CCC(C)CC(=O)CCC=O)c2ccccc21. The van der Waals surface area contributed by atoms with E-state index in [9.17, 15) is 9.59 Å². The van der Waals surface area contributed by atoms with Gasteiger partial charge in [0.1, 0.15) is 23.9 Å². The van der Waals surface area contributed by atoms with Gasteiger partial charge >= 0.3 is 0 Å². The molecule has 3 heteroatoms. The van der Waals surface area contributed by atoms with Crippen LogP contribution in [0.2, 0.25) is 0 Å². The third-order valence-corrected chi connectivity index (χ3v) is 3.93. The molecule has 0 bridgehead atoms. The van der Waals surface area contributed by atoms with Crippen molar-refractivity contribution in [1.82, 2.24) is 0 Å². The summed E-state index contributed by atoms with van der Waals surface area (Å²) in [6, 6.07) is 8.12. The first-order valence-corrected chi connectivity index (χ1v) is 7.52. The molecule has 0 amide bonds. The predicted molar refractivity (Wildman–Crippen MR) is 82.6 cm³/mol. The lowest BCUT2D eigenvalue weighted by atomic mass is 9.93. The number of Topliss-reactive ketones (excluding diaryl/α,β-unsaturated/α-hetero) is 1. The summed E-state index contributed by atoms with van der Waals surface area (Å²) in [5.74, 6) is 1.23. The molecule has 1 aromatic rings. The fourth-order valence-electron chi connectivity index (χ4n) is 2.79. The van der Waals surface area contributed by atoms with Crippen LogP contribution in [0.15, 0.2) is 30.8 Å². The molecular weight excluding hydrogens is 264 g/mol. The molecule has 3 nitrogen and oxygen atoms in total. The average Bonchev–Trinajstić information content (AvgIpc) is 2.80. The molecule has 0 saturated carbocycles. The molecule has 2 rings (SSSR count). The van der Waals surface area contributed by atoms with Crippen molar-refractivity contribution in [3.63, 3.8) is 0 Å². The summed E-state index contributed by atoms with van der Waals surface area (Å²) in [6.45, 7) is 6.02. The summed E-state index contributed by atoms with van der Waals surface area (Å²) in [5.41, 5.74) is 2.29. The van der Waals surface area contributed by atoms with Crippen LogP contribution in [0.5, 0.6) is 0 Å². The molecule has 1 aromatic carbocycles. The summed E-state index contributed by atoms with van der Waals surface area (Å²) in [5, 5.41) is 0. The average molecular weight is 286 g/mol. The van der Waals surface area contributed by atoms with Gasteiger partial charge in [0.25, 0.3) is 0 Å². The standard InChI is InChI=1S/C18H22O3/c1-13(12-15(20)6-5-11-19)9-10-18-17-8-4-3-7-16(17)14(2)21-18/h3-4,7-8,11,13,18H,2,5-6,9-10,12H2,1H3/t13?,18-/m0/s1. The molecule has 0 saturated heterocycles. The second-order valence-corrected chi connectivity index (χ2v) is 5.75. The number of benzene rings is 1. The molecule has 0 aliphatic carbocycles. The Labute approximate surface area is 126 Å². The Morgan fingerprint density at radius 3 is 2.95 bits per heavy atom. The molecule has 1 aliphatic heterocycles. The van der Waals surface area contributed by atoms with Crippen LogP contribution in [0.4, 0.5) is 0 Å². The Kier molecular flexibility index (Phi) is 5.32. The predicted octanol–water partition coefficient (Wildman–Crippen LogP) is 4.08. The second kappa shape index (κ2) is 7.21. The van der Waals surface area contributed by atoms with Crippen molar-refractivity contribution in [2.24, 2.45) is 5.92 Å². The minimum atomic E-state index is 0.0567. The van der Waals surface area contributed by atoms with E-state index in [2.05, 4.69) is 19.6 Å². The second-order valence-electron chi connectivity index (χ2n) is 5.75. The maximum Gasteiger partial charge on any atom is 0.133 e. The zero-order valence-electron chi connectivity index (χ0n) is 12.5. The zero-order chi connectivity index (χ0) is 15.2. The van der Waals surface area contributed by atoms with Gasteiger partial charge in [-0.2, -0.15) is 0 Å². The normalized spacial score (nSPS) is 18.0.